The van der Waals surface area contributed by atoms with Gasteiger partial charge < -0.3 is 15.1 Å². The Morgan fingerprint density at radius 2 is 2.15 bits per heavy atom. The van der Waals surface area contributed by atoms with Crippen molar-refractivity contribution in [2.45, 2.75) is 25.4 Å². The molecule has 3 rings (SSSR count). The molecule has 0 aromatic carbocycles. The Balaban J connectivity index is 1.68. The van der Waals surface area contributed by atoms with Gasteiger partial charge in [0.05, 0.1) is 18.4 Å². The first-order chi connectivity index (χ1) is 9.72. The minimum absolute atomic E-state index is 0.00938. The molecule has 0 aliphatic carbocycles. The summed E-state index contributed by atoms with van der Waals surface area (Å²) in [6.45, 7) is 5.74. The maximum atomic E-state index is 12.2. The van der Waals surface area contributed by atoms with E-state index in [1.54, 1.807) is 10.7 Å². The third kappa shape index (κ3) is 3.02. The molecule has 1 aromatic rings. The standard InChI is InChI=1S/C14H23N5O/c1-17-5-7-18(8-6-17)13-9-14(20)19(16-10-13)11-12-3-2-4-15-12/h9-10,12,15H,2-8,11H2,1H3. The summed E-state index contributed by atoms with van der Waals surface area (Å²) in [5, 5.41) is 7.74. The summed E-state index contributed by atoms with van der Waals surface area (Å²) in [5.74, 6) is 0. The molecular weight excluding hydrogens is 254 g/mol. The van der Waals surface area contributed by atoms with Crippen molar-refractivity contribution in [2.24, 2.45) is 0 Å². The summed E-state index contributed by atoms with van der Waals surface area (Å²) in [6.07, 6.45) is 4.16. The van der Waals surface area contributed by atoms with Crippen LogP contribution in [0.3, 0.4) is 0 Å². The van der Waals surface area contributed by atoms with Crippen molar-refractivity contribution in [3.05, 3.63) is 22.6 Å². The lowest BCUT2D eigenvalue weighted by Gasteiger charge is -2.33. The fourth-order valence-corrected chi connectivity index (χ4v) is 2.92. The van der Waals surface area contributed by atoms with Crippen LogP contribution in [0.2, 0.25) is 0 Å². The number of anilines is 1. The number of aromatic nitrogens is 2. The first-order valence-corrected chi connectivity index (χ1v) is 7.46. The number of nitrogens with zero attached hydrogens (tertiary/aromatic N) is 4. The second kappa shape index (κ2) is 5.93. The Hall–Kier alpha value is -1.40. The van der Waals surface area contributed by atoms with Crippen molar-refractivity contribution in [1.82, 2.24) is 20.0 Å². The Labute approximate surface area is 119 Å². The van der Waals surface area contributed by atoms with Crippen molar-refractivity contribution in [3.63, 3.8) is 0 Å². The van der Waals surface area contributed by atoms with Crippen LogP contribution < -0.4 is 15.8 Å². The number of nitrogens with one attached hydrogen (secondary N) is 1. The maximum Gasteiger partial charge on any atom is 0.268 e. The summed E-state index contributed by atoms with van der Waals surface area (Å²) in [6, 6.07) is 2.13. The SMILES string of the molecule is CN1CCN(c2cnn(CC3CCCN3)c(=O)c2)CC1. The zero-order valence-electron chi connectivity index (χ0n) is 12.1. The molecule has 0 bridgehead atoms. The van der Waals surface area contributed by atoms with E-state index in [1.807, 2.05) is 6.20 Å². The van der Waals surface area contributed by atoms with Gasteiger partial charge in [-0.25, -0.2) is 4.68 Å². The molecule has 6 heteroatoms. The molecule has 0 spiro atoms. The molecule has 2 aliphatic rings. The second-order valence-corrected chi connectivity index (χ2v) is 5.82. The lowest BCUT2D eigenvalue weighted by Crippen LogP contribution is -2.45. The Bertz CT molecular complexity index is 501. The lowest BCUT2D eigenvalue weighted by molar-refractivity contribution is 0.312. The number of hydrogen-bond donors (Lipinski definition) is 1. The first-order valence-electron chi connectivity index (χ1n) is 7.46. The highest BCUT2D eigenvalue weighted by molar-refractivity contribution is 5.43. The zero-order chi connectivity index (χ0) is 13.9. The largest absolute Gasteiger partial charge is 0.368 e. The highest BCUT2D eigenvalue weighted by Gasteiger charge is 2.18. The van der Waals surface area contributed by atoms with Gasteiger partial charge in [0.25, 0.3) is 5.56 Å². The first kappa shape index (κ1) is 13.6. The van der Waals surface area contributed by atoms with E-state index in [0.29, 0.717) is 12.6 Å². The topological polar surface area (TPSA) is 53.4 Å². The summed E-state index contributed by atoms with van der Waals surface area (Å²) < 4.78 is 1.59. The fourth-order valence-electron chi connectivity index (χ4n) is 2.92. The van der Waals surface area contributed by atoms with E-state index >= 15 is 0 Å². The number of piperazine rings is 1. The third-order valence-corrected chi connectivity index (χ3v) is 4.28. The minimum atomic E-state index is 0.00938. The van der Waals surface area contributed by atoms with E-state index in [9.17, 15) is 4.79 Å². The normalized spacial score (nSPS) is 24.2. The molecule has 110 valence electrons. The number of rotatable bonds is 3. The van der Waals surface area contributed by atoms with E-state index in [1.165, 1.54) is 6.42 Å². The van der Waals surface area contributed by atoms with Crippen LogP contribution in [0.15, 0.2) is 17.1 Å². The molecule has 0 saturated carbocycles. The van der Waals surface area contributed by atoms with Crippen LogP contribution in [0.5, 0.6) is 0 Å². The predicted molar refractivity (Wildman–Crippen MR) is 79.2 cm³/mol. The van der Waals surface area contributed by atoms with Crippen LogP contribution in [0.25, 0.3) is 0 Å². The van der Waals surface area contributed by atoms with E-state index in [-0.39, 0.29) is 5.56 Å². The molecule has 1 N–H and O–H groups in total. The van der Waals surface area contributed by atoms with Gasteiger partial charge in [0.2, 0.25) is 0 Å². The molecule has 0 amide bonds. The monoisotopic (exact) mass is 277 g/mol. The van der Waals surface area contributed by atoms with Gasteiger partial charge >= 0.3 is 0 Å². The van der Waals surface area contributed by atoms with Crippen LogP contribution in [0.4, 0.5) is 5.69 Å². The van der Waals surface area contributed by atoms with Gasteiger partial charge in [-0.2, -0.15) is 5.10 Å². The van der Waals surface area contributed by atoms with Crippen molar-refractivity contribution >= 4 is 5.69 Å². The average Bonchev–Trinajstić information content (AvgIpc) is 2.95. The van der Waals surface area contributed by atoms with Gasteiger partial charge in [-0.05, 0) is 26.4 Å². The van der Waals surface area contributed by atoms with Gasteiger partial charge in [-0.1, -0.05) is 0 Å². The molecule has 20 heavy (non-hydrogen) atoms. The molecule has 0 radical (unpaired) electrons. The Morgan fingerprint density at radius 1 is 1.35 bits per heavy atom. The molecule has 3 heterocycles. The van der Waals surface area contributed by atoms with E-state index in [2.05, 4.69) is 27.3 Å². The third-order valence-electron chi connectivity index (χ3n) is 4.28. The van der Waals surface area contributed by atoms with Crippen molar-refractivity contribution in [2.75, 3.05) is 44.7 Å². The molecule has 6 nitrogen and oxygen atoms in total. The second-order valence-electron chi connectivity index (χ2n) is 5.82. The highest BCUT2D eigenvalue weighted by atomic mass is 16.1. The predicted octanol–water partition coefficient (Wildman–Crippen LogP) is -0.253. The van der Waals surface area contributed by atoms with Gasteiger partial charge in [-0.3, -0.25) is 4.79 Å². The van der Waals surface area contributed by atoms with Crippen LogP contribution in [-0.2, 0) is 6.54 Å². The molecule has 2 fully saturated rings. The summed E-state index contributed by atoms with van der Waals surface area (Å²) in [5.41, 5.74) is 0.967. The molecular formula is C14H23N5O. The van der Waals surface area contributed by atoms with Gasteiger partial charge in [0.15, 0.2) is 0 Å². The number of likely N-dealkylation sites (N-methyl/N-ethyl adjacent to an activating group) is 1. The smallest absolute Gasteiger partial charge is 0.268 e. The van der Waals surface area contributed by atoms with E-state index in [4.69, 9.17) is 0 Å². The van der Waals surface area contributed by atoms with Gasteiger partial charge in [0.1, 0.15) is 0 Å². The van der Waals surface area contributed by atoms with Crippen LogP contribution in [-0.4, -0.2) is 60.5 Å². The molecule has 1 atom stereocenters. The van der Waals surface area contributed by atoms with Crippen molar-refractivity contribution < 1.29 is 0 Å². The summed E-state index contributed by atoms with van der Waals surface area (Å²) in [7, 11) is 2.13. The quantitative estimate of drug-likeness (QED) is 0.825. The summed E-state index contributed by atoms with van der Waals surface area (Å²) in [4.78, 5) is 16.7. The van der Waals surface area contributed by atoms with Crippen molar-refractivity contribution in [1.29, 1.82) is 0 Å². The molecule has 1 unspecified atom stereocenters. The number of hydrogen-bond acceptors (Lipinski definition) is 5. The van der Waals surface area contributed by atoms with Gasteiger partial charge in [-0.15, -0.1) is 0 Å². The Kier molecular flexibility index (Phi) is 4.03. The summed E-state index contributed by atoms with van der Waals surface area (Å²) >= 11 is 0. The highest BCUT2D eigenvalue weighted by Crippen LogP contribution is 2.12. The van der Waals surface area contributed by atoms with Crippen molar-refractivity contribution in [3.8, 4) is 0 Å². The van der Waals surface area contributed by atoms with E-state index < -0.39 is 0 Å². The Morgan fingerprint density at radius 3 is 2.80 bits per heavy atom. The van der Waals surface area contributed by atoms with E-state index in [0.717, 1.165) is 44.8 Å². The molecule has 1 aromatic heterocycles. The van der Waals surface area contributed by atoms with Crippen LogP contribution in [0.1, 0.15) is 12.8 Å². The average molecular weight is 277 g/mol. The molecule has 2 saturated heterocycles. The fraction of sp³-hybridized carbons (Fsp3) is 0.714. The maximum absolute atomic E-state index is 12.2. The van der Waals surface area contributed by atoms with Crippen LogP contribution >= 0.6 is 0 Å². The van der Waals surface area contributed by atoms with Gasteiger partial charge in [0, 0.05) is 38.3 Å². The molecule has 2 aliphatic heterocycles. The lowest BCUT2D eigenvalue weighted by atomic mass is 10.2. The van der Waals surface area contributed by atoms with Crippen LogP contribution in [0, 0.1) is 0 Å². The minimum Gasteiger partial charge on any atom is -0.368 e. The zero-order valence-corrected chi connectivity index (χ0v) is 12.1.